The lowest BCUT2D eigenvalue weighted by molar-refractivity contribution is 0.222. The highest BCUT2D eigenvalue weighted by molar-refractivity contribution is 14.0. The molecule has 2 aromatic rings. The van der Waals surface area contributed by atoms with E-state index in [-0.39, 0.29) is 30.1 Å². The predicted molar refractivity (Wildman–Crippen MR) is 133 cm³/mol. The number of ether oxygens (including phenoxy) is 1. The topological polar surface area (TPSA) is 48.9 Å². The van der Waals surface area contributed by atoms with Crippen LogP contribution < -0.4 is 20.3 Å². The molecule has 158 valence electrons. The van der Waals surface area contributed by atoms with Crippen LogP contribution in [-0.4, -0.2) is 45.3 Å². The van der Waals surface area contributed by atoms with Crippen molar-refractivity contribution in [2.24, 2.45) is 10.9 Å². The molecule has 1 aliphatic heterocycles. The van der Waals surface area contributed by atoms with Crippen LogP contribution in [0.25, 0.3) is 0 Å². The summed E-state index contributed by atoms with van der Waals surface area (Å²) in [6, 6.07) is 18.8. The number of hydrogen-bond donors (Lipinski definition) is 2. The maximum Gasteiger partial charge on any atom is 0.191 e. The van der Waals surface area contributed by atoms with E-state index in [1.807, 2.05) is 25.2 Å². The van der Waals surface area contributed by atoms with Crippen LogP contribution in [0.15, 0.2) is 59.6 Å². The Morgan fingerprint density at radius 1 is 1.14 bits per heavy atom. The number of guanidine groups is 1. The van der Waals surface area contributed by atoms with Crippen LogP contribution >= 0.6 is 24.0 Å². The van der Waals surface area contributed by atoms with E-state index >= 15 is 0 Å². The molecule has 1 aliphatic rings. The zero-order valence-electron chi connectivity index (χ0n) is 17.6. The highest BCUT2D eigenvalue weighted by Gasteiger charge is 2.22. The number of hydrogen-bond acceptors (Lipinski definition) is 3. The molecule has 2 atom stereocenters. The van der Waals surface area contributed by atoms with Crippen molar-refractivity contribution in [1.29, 1.82) is 0 Å². The van der Waals surface area contributed by atoms with Gasteiger partial charge >= 0.3 is 0 Å². The molecule has 2 N–H and O–H groups in total. The molecule has 0 bridgehead atoms. The number of nitrogens with one attached hydrogen (secondary N) is 2. The van der Waals surface area contributed by atoms with Crippen molar-refractivity contribution in [2.45, 2.75) is 26.4 Å². The zero-order valence-corrected chi connectivity index (χ0v) is 19.9. The highest BCUT2D eigenvalue weighted by Crippen LogP contribution is 2.23. The maximum atomic E-state index is 6.03. The van der Waals surface area contributed by atoms with E-state index in [4.69, 9.17) is 4.74 Å². The summed E-state index contributed by atoms with van der Waals surface area (Å²) in [6.07, 6.45) is 1.26. The van der Waals surface area contributed by atoms with Crippen LogP contribution in [0.1, 0.15) is 18.9 Å². The van der Waals surface area contributed by atoms with E-state index in [2.05, 4.69) is 70.8 Å². The lowest BCUT2D eigenvalue weighted by atomic mass is 10.1. The first-order valence-corrected chi connectivity index (χ1v) is 10.1. The van der Waals surface area contributed by atoms with Gasteiger partial charge in [0.05, 0.1) is 6.54 Å². The van der Waals surface area contributed by atoms with Gasteiger partial charge in [-0.25, -0.2) is 0 Å². The molecular formula is C23H33IN4O. The summed E-state index contributed by atoms with van der Waals surface area (Å²) < 4.78 is 6.03. The Morgan fingerprint density at radius 2 is 1.86 bits per heavy atom. The molecule has 0 radical (unpaired) electrons. The average molecular weight is 508 g/mol. The summed E-state index contributed by atoms with van der Waals surface area (Å²) in [6.45, 7) is 7.97. The molecule has 0 aromatic heterocycles. The molecule has 29 heavy (non-hydrogen) atoms. The summed E-state index contributed by atoms with van der Waals surface area (Å²) in [7, 11) is 1.81. The molecule has 2 aromatic carbocycles. The largest absolute Gasteiger partial charge is 0.489 e. The molecular weight excluding hydrogens is 475 g/mol. The van der Waals surface area contributed by atoms with E-state index in [0.717, 1.165) is 36.9 Å². The van der Waals surface area contributed by atoms with Gasteiger partial charge in [-0.05, 0) is 49.9 Å². The Bertz CT molecular complexity index is 768. The quantitative estimate of drug-likeness (QED) is 0.337. The van der Waals surface area contributed by atoms with Crippen molar-refractivity contribution in [3.8, 4) is 5.75 Å². The fraction of sp³-hybridized carbons (Fsp3) is 0.435. The molecule has 5 nitrogen and oxygen atoms in total. The fourth-order valence-corrected chi connectivity index (χ4v) is 3.52. The Kier molecular flexibility index (Phi) is 9.57. The van der Waals surface area contributed by atoms with Gasteiger partial charge in [-0.2, -0.15) is 0 Å². The Morgan fingerprint density at radius 3 is 2.59 bits per heavy atom. The van der Waals surface area contributed by atoms with E-state index in [1.165, 1.54) is 12.1 Å². The zero-order chi connectivity index (χ0) is 19.8. The SMILES string of the molecule is CN=C(NCC1CCN(c2ccccc2)C1)NCC(C)Oc1ccccc1C.I. The smallest absolute Gasteiger partial charge is 0.191 e. The van der Waals surface area contributed by atoms with E-state index in [1.54, 1.807) is 0 Å². The number of benzene rings is 2. The fourth-order valence-electron chi connectivity index (χ4n) is 3.52. The third-order valence-electron chi connectivity index (χ3n) is 5.17. The monoisotopic (exact) mass is 508 g/mol. The third kappa shape index (κ3) is 7.10. The normalized spacial score (nSPS) is 17.4. The van der Waals surface area contributed by atoms with Gasteiger partial charge in [0, 0.05) is 32.4 Å². The standard InChI is InChI=1S/C23H32N4O.HI/c1-18-9-7-8-12-22(18)28-19(2)15-25-23(24-3)26-16-20-13-14-27(17-20)21-10-5-4-6-11-21;/h4-12,19-20H,13-17H2,1-3H3,(H2,24,25,26);1H. The van der Waals surface area contributed by atoms with Gasteiger partial charge in [0.2, 0.25) is 0 Å². The highest BCUT2D eigenvalue weighted by atomic mass is 127. The van der Waals surface area contributed by atoms with Gasteiger partial charge < -0.3 is 20.3 Å². The van der Waals surface area contributed by atoms with Crippen LogP contribution in [-0.2, 0) is 0 Å². The second-order valence-corrected chi connectivity index (χ2v) is 7.46. The second-order valence-electron chi connectivity index (χ2n) is 7.46. The number of aliphatic imine (C=N–C) groups is 1. The predicted octanol–water partition coefficient (Wildman–Crippen LogP) is 4.07. The van der Waals surface area contributed by atoms with Crippen LogP contribution in [0, 0.1) is 12.8 Å². The molecule has 3 rings (SSSR count). The van der Waals surface area contributed by atoms with Crippen molar-refractivity contribution in [1.82, 2.24) is 10.6 Å². The molecule has 1 heterocycles. The molecule has 1 saturated heterocycles. The van der Waals surface area contributed by atoms with Crippen LogP contribution in [0.3, 0.4) is 0 Å². The van der Waals surface area contributed by atoms with Crippen LogP contribution in [0.5, 0.6) is 5.75 Å². The second kappa shape index (κ2) is 11.9. The van der Waals surface area contributed by atoms with Crippen molar-refractivity contribution < 1.29 is 4.74 Å². The lowest BCUT2D eigenvalue weighted by Crippen LogP contribution is -2.43. The number of aryl methyl sites for hydroxylation is 1. The van der Waals surface area contributed by atoms with Crippen molar-refractivity contribution >= 4 is 35.6 Å². The Labute approximate surface area is 192 Å². The van der Waals surface area contributed by atoms with E-state index in [0.29, 0.717) is 12.5 Å². The first-order valence-electron chi connectivity index (χ1n) is 10.1. The van der Waals surface area contributed by atoms with Gasteiger partial charge in [-0.3, -0.25) is 4.99 Å². The third-order valence-corrected chi connectivity index (χ3v) is 5.17. The minimum Gasteiger partial charge on any atom is -0.489 e. The van der Waals surface area contributed by atoms with Crippen LogP contribution in [0.2, 0.25) is 0 Å². The molecule has 1 fully saturated rings. The maximum absolute atomic E-state index is 6.03. The Hall–Kier alpha value is -1.96. The molecule has 0 aliphatic carbocycles. The van der Waals surface area contributed by atoms with Gasteiger partial charge in [0.15, 0.2) is 5.96 Å². The van der Waals surface area contributed by atoms with Crippen LogP contribution in [0.4, 0.5) is 5.69 Å². The number of rotatable bonds is 7. The Balaban J connectivity index is 0.00000300. The summed E-state index contributed by atoms with van der Waals surface area (Å²) in [5.74, 6) is 2.39. The minimum absolute atomic E-state index is 0. The first kappa shape index (κ1) is 23.3. The molecule has 2 unspecified atom stereocenters. The van der Waals surface area contributed by atoms with Crippen molar-refractivity contribution in [3.63, 3.8) is 0 Å². The summed E-state index contributed by atoms with van der Waals surface area (Å²) in [4.78, 5) is 6.81. The minimum atomic E-state index is 0. The van der Waals surface area contributed by atoms with Gasteiger partial charge in [-0.1, -0.05) is 36.4 Å². The number of anilines is 1. The summed E-state index contributed by atoms with van der Waals surface area (Å²) in [5, 5.41) is 6.85. The van der Waals surface area contributed by atoms with Gasteiger partial charge in [0.25, 0.3) is 0 Å². The van der Waals surface area contributed by atoms with Crippen molar-refractivity contribution in [3.05, 3.63) is 60.2 Å². The molecule has 0 amide bonds. The number of para-hydroxylation sites is 2. The molecule has 0 spiro atoms. The van der Waals surface area contributed by atoms with Gasteiger partial charge in [0.1, 0.15) is 11.9 Å². The average Bonchev–Trinajstić information content (AvgIpc) is 3.20. The van der Waals surface area contributed by atoms with E-state index < -0.39 is 0 Å². The number of nitrogens with zero attached hydrogens (tertiary/aromatic N) is 2. The van der Waals surface area contributed by atoms with Crippen molar-refractivity contribution in [2.75, 3.05) is 38.1 Å². The first-order chi connectivity index (χ1) is 13.7. The lowest BCUT2D eigenvalue weighted by Gasteiger charge is -2.20. The summed E-state index contributed by atoms with van der Waals surface area (Å²) in [5.41, 5.74) is 2.47. The number of halogens is 1. The molecule has 0 saturated carbocycles. The van der Waals surface area contributed by atoms with Gasteiger partial charge in [-0.15, -0.1) is 24.0 Å². The summed E-state index contributed by atoms with van der Waals surface area (Å²) >= 11 is 0. The van der Waals surface area contributed by atoms with E-state index in [9.17, 15) is 0 Å². The molecule has 6 heteroatoms.